The van der Waals surface area contributed by atoms with Gasteiger partial charge in [-0.1, -0.05) is 45.9 Å². The zero-order valence-corrected chi connectivity index (χ0v) is 17.8. The average molecular weight is 411 g/mol. The molecule has 2 unspecified atom stereocenters. The molecule has 0 radical (unpaired) electrons. The van der Waals surface area contributed by atoms with Crippen LogP contribution >= 0.6 is 0 Å². The van der Waals surface area contributed by atoms with E-state index in [1.54, 1.807) is 33.0 Å². The second-order valence-corrected chi connectivity index (χ2v) is 8.21. The van der Waals surface area contributed by atoms with Crippen molar-refractivity contribution in [3.63, 3.8) is 0 Å². The fourth-order valence-corrected chi connectivity index (χ4v) is 2.75. The highest BCUT2D eigenvalue weighted by Crippen LogP contribution is 2.19. The third-order valence-corrected chi connectivity index (χ3v) is 4.22. The molecule has 0 heterocycles. The van der Waals surface area contributed by atoms with E-state index < -0.39 is 22.7 Å². The lowest BCUT2D eigenvalue weighted by molar-refractivity contribution is -0.760. The molecule has 2 atom stereocenters. The van der Waals surface area contributed by atoms with Crippen molar-refractivity contribution in [3.05, 3.63) is 40.4 Å². The molecule has 9 nitrogen and oxygen atoms in total. The quantitative estimate of drug-likeness (QED) is 0.376. The SMILES string of the molecule is CC(C)NCC(O)C(CC(=O)N(C)CC(C)(C)CO[N+](=O)[O-])Oc1ccccc1. The van der Waals surface area contributed by atoms with E-state index in [9.17, 15) is 20.0 Å². The van der Waals surface area contributed by atoms with E-state index in [1.165, 1.54) is 4.90 Å². The van der Waals surface area contributed by atoms with Crippen molar-refractivity contribution in [2.24, 2.45) is 5.41 Å². The first-order valence-corrected chi connectivity index (χ1v) is 9.64. The van der Waals surface area contributed by atoms with Crippen LogP contribution in [0.2, 0.25) is 0 Å². The van der Waals surface area contributed by atoms with Crippen molar-refractivity contribution in [3.8, 4) is 5.75 Å². The van der Waals surface area contributed by atoms with Gasteiger partial charge >= 0.3 is 0 Å². The fourth-order valence-electron chi connectivity index (χ4n) is 2.75. The lowest BCUT2D eigenvalue weighted by Gasteiger charge is -2.31. The number of carbonyl (C=O) groups is 1. The molecule has 0 aromatic heterocycles. The van der Waals surface area contributed by atoms with Crippen LogP contribution < -0.4 is 10.1 Å². The molecular formula is C20H33N3O6. The van der Waals surface area contributed by atoms with Gasteiger partial charge in [-0.3, -0.25) is 4.79 Å². The van der Waals surface area contributed by atoms with Gasteiger partial charge in [-0.05, 0) is 12.1 Å². The average Bonchev–Trinajstić information content (AvgIpc) is 2.64. The number of benzene rings is 1. The van der Waals surface area contributed by atoms with Gasteiger partial charge in [0.25, 0.3) is 5.09 Å². The Morgan fingerprint density at radius 1 is 1.31 bits per heavy atom. The number of hydrogen-bond donors (Lipinski definition) is 2. The molecule has 164 valence electrons. The van der Waals surface area contributed by atoms with Gasteiger partial charge in [0.2, 0.25) is 5.91 Å². The van der Waals surface area contributed by atoms with Gasteiger partial charge in [-0.15, -0.1) is 10.1 Å². The van der Waals surface area contributed by atoms with E-state index >= 15 is 0 Å². The van der Waals surface area contributed by atoms with Crippen LogP contribution in [0.4, 0.5) is 0 Å². The summed E-state index contributed by atoms with van der Waals surface area (Å²) in [5.41, 5.74) is -0.606. The molecule has 0 spiro atoms. The van der Waals surface area contributed by atoms with Crippen LogP contribution in [0, 0.1) is 15.5 Å². The molecule has 0 saturated carbocycles. The number of para-hydroxylation sites is 1. The second-order valence-electron chi connectivity index (χ2n) is 8.21. The van der Waals surface area contributed by atoms with Gasteiger partial charge in [-0.2, -0.15) is 0 Å². The molecule has 0 fully saturated rings. The number of aliphatic hydroxyl groups is 1. The van der Waals surface area contributed by atoms with Gasteiger partial charge in [0.15, 0.2) is 0 Å². The summed E-state index contributed by atoms with van der Waals surface area (Å²) in [4.78, 5) is 29.1. The zero-order chi connectivity index (χ0) is 22.0. The summed E-state index contributed by atoms with van der Waals surface area (Å²) in [6.45, 7) is 7.91. The van der Waals surface area contributed by atoms with Crippen molar-refractivity contribution in [1.29, 1.82) is 0 Å². The topological polar surface area (TPSA) is 114 Å². The maximum atomic E-state index is 12.7. The van der Waals surface area contributed by atoms with Crippen molar-refractivity contribution in [1.82, 2.24) is 10.2 Å². The van der Waals surface area contributed by atoms with Crippen LogP contribution in [0.15, 0.2) is 30.3 Å². The molecule has 1 aromatic carbocycles. The monoisotopic (exact) mass is 411 g/mol. The molecule has 1 amide bonds. The Bertz CT molecular complexity index is 638. The Hall–Kier alpha value is -2.39. The maximum Gasteiger partial charge on any atom is 0.294 e. The van der Waals surface area contributed by atoms with Crippen LogP contribution in [-0.2, 0) is 9.63 Å². The Morgan fingerprint density at radius 3 is 2.48 bits per heavy atom. The first-order valence-electron chi connectivity index (χ1n) is 9.64. The number of ether oxygens (including phenoxy) is 1. The van der Waals surface area contributed by atoms with E-state index in [2.05, 4.69) is 10.2 Å². The highest BCUT2D eigenvalue weighted by Gasteiger charge is 2.29. The fraction of sp³-hybridized carbons (Fsp3) is 0.650. The Balaban J connectivity index is 2.76. The Labute approximate surface area is 172 Å². The van der Waals surface area contributed by atoms with E-state index in [4.69, 9.17) is 4.74 Å². The molecule has 1 rings (SSSR count). The van der Waals surface area contributed by atoms with Crippen LogP contribution in [0.1, 0.15) is 34.1 Å². The minimum atomic E-state index is -0.888. The lowest BCUT2D eigenvalue weighted by atomic mass is 9.94. The molecule has 2 N–H and O–H groups in total. The summed E-state index contributed by atoms with van der Waals surface area (Å²) in [7, 11) is 1.62. The molecule has 0 aliphatic rings. The van der Waals surface area contributed by atoms with Crippen molar-refractivity contribution in [2.75, 3.05) is 26.7 Å². The van der Waals surface area contributed by atoms with Gasteiger partial charge in [-0.25, -0.2) is 0 Å². The number of nitrogens with one attached hydrogen (secondary N) is 1. The van der Waals surface area contributed by atoms with Gasteiger partial charge in [0.1, 0.15) is 24.6 Å². The van der Waals surface area contributed by atoms with Gasteiger partial charge < -0.3 is 24.9 Å². The summed E-state index contributed by atoms with van der Waals surface area (Å²) in [5.74, 6) is 0.333. The summed E-state index contributed by atoms with van der Waals surface area (Å²) >= 11 is 0. The highest BCUT2D eigenvalue weighted by molar-refractivity contribution is 5.76. The molecule has 0 saturated heterocycles. The molecular weight excluding hydrogens is 378 g/mol. The summed E-state index contributed by atoms with van der Waals surface area (Å²) in [6, 6.07) is 9.20. The van der Waals surface area contributed by atoms with Crippen LogP contribution in [0.3, 0.4) is 0 Å². The maximum absolute atomic E-state index is 12.7. The van der Waals surface area contributed by atoms with Crippen LogP contribution in [0.5, 0.6) is 5.75 Å². The van der Waals surface area contributed by atoms with E-state index in [1.807, 2.05) is 32.0 Å². The summed E-state index contributed by atoms with van der Waals surface area (Å²) < 4.78 is 5.89. The number of carbonyl (C=O) groups excluding carboxylic acids is 1. The van der Waals surface area contributed by atoms with Gasteiger partial charge in [0.05, 0.1) is 6.42 Å². The van der Waals surface area contributed by atoms with E-state index in [0.717, 1.165) is 0 Å². The van der Waals surface area contributed by atoms with Crippen molar-refractivity contribution in [2.45, 2.75) is 52.4 Å². The predicted octanol–water partition coefficient (Wildman–Crippen LogP) is 1.88. The second kappa shape index (κ2) is 11.6. The number of amides is 1. The van der Waals surface area contributed by atoms with Crippen LogP contribution in [0.25, 0.3) is 0 Å². The minimum Gasteiger partial charge on any atom is -0.487 e. The third kappa shape index (κ3) is 10.1. The largest absolute Gasteiger partial charge is 0.487 e. The summed E-state index contributed by atoms with van der Waals surface area (Å²) in [6.07, 6.45) is -1.66. The Morgan fingerprint density at radius 2 is 1.93 bits per heavy atom. The molecule has 0 bridgehead atoms. The molecule has 29 heavy (non-hydrogen) atoms. The standard InChI is InChI=1S/C20H33N3O6/c1-15(2)21-12-17(24)18(29-16-9-7-6-8-10-16)11-19(25)22(5)13-20(3,4)14-28-23(26)27/h6-10,15,17-18,21,24H,11-14H2,1-5H3. The van der Waals surface area contributed by atoms with Crippen molar-refractivity contribution < 1.29 is 24.6 Å². The summed E-state index contributed by atoms with van der Waals surface area (Å²) in [5, 5.41) is 23.3. The van der Waals surface area contributed by atoms with Crippen LogP contribution in [-0.4, -0.2) is 66.0 Å². The van der Waals surface area contributed by atoms with Crippen molar-refractivity contribution >= 4 is 5.91 Å². The zero-order valence-electron chi connectivity index (χ0n) is 17.8. The number of hydrogen-bond acceptors (Lipinski definition) is 7. The molecule has 9 heteroatoms. The van der Waals surface area contributed by atoms with Gasteiger partial charge in [0, 0.05) is 31.6 Å². The molecule has 1 aromatic rings. The number of rotatable bonds is 13. The number of aliphatic hydroxyl groups excluding tert-OH is 1. The normalized spacial score (nSPS) is 13.6. The first kappa shape index (κ1) is 24.6. The first-order chi connectivity index (χ1) is 13.5. The third-order valence-electron chi connectivity index (χ3n) is 4.22. The minimum absolute atomic E-state index is 0.0293. The lowest BCUT2D eigenvalue weighted by Crippen LogP contribution is -2.46. The highest BCUT2D eigenvalue weighted by atomic mass is 16.9. The van der Waals surface area contributed by atoms with E-state index in [-0.39, 0.29) is 38.1 Å². The molecule has 0 aliphatic heterocycles. The molecule has 0 aliphatic carbocycles. The smallest absolute Gasteiger partial charge is 0.294 e. The van der Waals surface area contributed by atoms with E-state index in [0.29, 0.717) is 5.75 Å². The number of nitrogens with zero attached hydrogens (tertiary/aromatic N) is 2. The predicted molar refractivity (Wildman–Crippen MR) is 109 cm³/mol. The Kier molecular flexibility index (Phi) is 9.84.